The maximum absolute atomic E-state index is 12.6. The van der Waals surface area contributed by atoms with Crippen LogP contribution in [0.1, 0.15) is 23.7 Å². The standard InChI is InChI=1S/C20H20O3S2/c1-22-19(21)17-16(14-9-5-10-23-14)15(13-7-3-2-4-8-13)18(17)20-24-11-6-12-25-20/h2-5,7-10,16-17,20H,6,11-12H2,1H3/t16-,17+/m1/s1. The van der Waals surface area contributed by atoms with E-state index in [1.807, 2.05) is 53.9 Å². The van der Waals surface area contributed by atoms with E-state index in [-0.39, 0.29) is 17.8 Å². The Bertz CT molecular complexity index is 762. The fraction of sp³-hybridized carbons (Fsp3) is 0.350. The van der Waals surface area contributed by atoms with Crippen LogP contribution in [0, 0.1) is 5.92 Å². The largest absolute Gasteiger partial charge is 0.469 e. The summed E-state index contributed by atoms with van der Waals surface area (Å²) in [4.78, 5) is 12.6. The van der Waals surface area contributed by atoms with Gasteiger partial charge in [-0.05, 0) is 46.8 Å². The number of ether oxygens (including phenoxy) is 1. The second-order valence-corrected chi connectivity index (χ2v) is 8.88. The van der Waals surface area contributed by atoms with Gasteiger partial charge in [-0.2, -0.15) is 0 Å². The van der Waals surface area contributed by atoms with Gasteiger partial charge >= 0.3 is 5.97 Å². The summed E-state index contributed by atoms with van der Waals surface area (Å²) in [6.45, 7) is 0. The van der Waals surface area contributed by atoms with Gasteiger partial charge in [0.05, 0.1) is 29.8 Å². The van der Waals surface area contributed by atoms with E-state index >= 15 is 0 Å². The number of methoxy groups -OCH3 is 1. The van der Waals surface area contributed by atoms with Gasteiger partial charge in [-0.15, -0.1) is 23.5 Å². The second kappa shape index (κ2) is 7.34. The van der Waals surface area contributed by atoms with E-state index in [4.69, 9.17) is 9.15 Å². The number of thioether (sulfide) groups is 2. The zero-order valence-corrected chi connectivity index (χ0v) is 15.6. The van der Waals surface area contributed by atoms with Crippen molar-refractivity contribution in [1.29, 1.82) is 0 Å². The lowest BCUT2D eigenvalue weighted by Crippen LogP contribution is -2.39. The Balaban J connectivity index is 1.84. The second-order valence-electron chi connectivity index (χ2n) is 6.16. The number of furan rings is 1. The Labute approximate surface area is 156 Å². The summed E-state index contributed by atoms with van der Waals surface area (Å²) in [6, 6.07) is 14.2. The number of hydrogen-bond donors (Lipinski definition) is 0. The van der Waals surface area contributed by atoms with E-state index < -0.39 is 0 Å². The fourth-order valence-corrected chi connectivity index (χ4v) is 6.77. The smallest absolute Gasteiger partial charge is 0.313 e. The topological polar surface area (TPSA) is 39.4 Å². The Hall–Kier alpha value is -1.59. The quantitative estimate of drug-likeness (QED) is 0.720. The zero-order valence-electron chi connectivity index (χ0n) is 14.0. The van der Waals surface area contributed by atoms with Crippen LogP contribution in [0.3, 0.4) is 0 Å². The molecule has 25 heavy (non-hydrogen) atoms. The molecule has 1 aliphatic carbocycles. The maximum Gasteiger partial charge on any atom is 0.313 e. The normalized spacial score (nSPS) is 24.0. The van der Waals surface area contributed by atoms with Gasteiger partial charge in [-0.25, -0.2) is 0 Å². The number of carbonyl (C=O) groups excluding carboxylic acids is 1. The Kier molecular flexibility index (Phi) is 4.95. The highest BCUT2D eigenvalue weighted by atomic mass is 32.2. The van der Waals surface area contributed by atoms with Crippen LogP contribution in [-0.2, 0) is 9.53 Å². The molecule has 0 amide bonds. The van der Waals surface area contributed by atoms with Gasteiger partial charge in [0.1, 0.15) is 5.76 Å². The predicted molar refractivity (Wildman–Crippen MR) is 104 cm³/mol. The van der Waals surface area contributed by atoms with E-state index in [9.17, 15) is 4.79 Å². The first-order valence-electron chi connectivity index (χ1n) is 8.45. The summed E-state index contributed by atoms with van der Waals surface area (Å²) in [6.07, 6.45) is 2.90. The molecule has 2 heterocycles. The maximum atomic E-state index is 12.6. The average molecular weight is 373 g/mol. The lowest BCUT2D eigenvalue weighted by Gasteiger charge is -2.43. The van der Waals surface area contributed by atoms with Crippen LogP contribution in [0.5, 0.6) is 0 Å². The number of benzene rings is 1. The monoisotopic (exact) mass is 372 g/mol. The van der Waals surface area contributed by atoms with Crippen LogP contribution in [0.4, 0.5) is 0 Å². The number of hydrogen-bond acceptors (Lipinski definition) is 5. The third kappa shape index (κ3) is 3.04. The molecule has 2 aromatic rings. The van der Waals surface area contributed by atoms with Crippen molar-refractivity contribution >= 4 is 35.1 Å². The molecule has 0 spiro atoms. The van der Waals surface area contributed by atoms with Gasteiger partial charge < -0.3 is 9.15 Å². The molecular weight excluding hydrogens is 352 g/mol. The van der Waals surface area contributed by atoms with Crippen LogP contribution in [0.2, 0.25) is 0 Å². The molecule has 1 fully saturated rings. The molecule has 4 rings (SSSR count). The molecule has 2 aliphatic rings. The summed E-state index contributed by atoms with van der Waals surface area (Å²) in [7, 11) is 1.47. The highest BCUT2D eigenvalue weighted by Gasteiger charge is 2.51. The molecule has 1 saturated heterocycles. The van der Waals surface area contributed by atoms with Crippen molar-refractivity contribution in [1.82, 2.24) is 0 Å². The van der Waals surface area contributed by atoms with Crippen molar-refractivity contribution in [3.05, 3.63) is 65.6 Å². The van der Waals surface area contributed by atoms with Crippen LogP contribution in [0.25, 0.3) is 5.57 Å². The molecule has 0 bridgehead atoms. The molecule has 2 atom stereocenters. The van der Waals surface area contributed by atoms with Gasteiger partial charge in [0, 0.05) is 0 Å². The molecule has 130 valence electrons. The molecule has 0 radical (unpaired) electrons. The van der Waals surface area contributed by atoms with Gasteiger partial charge in [0.15, 0.2) is 0 Å². The highest BCUT2D eigenvalue weighted by Crippen LogP contribution is 2.58. The number of esters is 1. The van der Waals surface area contributed by atoms with E-state index in [0.717, 1.165) is 17.3 Å². The van der Waals surface area contributed by atoms with Crippen LogP contribution >= 0.6 is 23.5 Å². The summed E-state index contributed by atoms with van der Waals surface area (Å²) in [5.41, 5.74) is 3.62. The molecule has 3 nitrogen and oxygen atoms in total. The number of rotatable bonds is 4. The summed E-state index contributed by atoms with van der Waals surface area (Å²) in [5.74, 6) is 2.63. The molecule has 0 N–H and O–H groups in total. The summed E-state index contributed by atoms with van der Waals surface area (Å²) >= 11 is 3.89. The van der Waals surface area contributed by atoms with E-state index in [0.29, 0.717) is 4.58 Å². The molecular formula is C20H20O3S2. The van der Waals surface area contributed by atoms with Crippen molar-refractivity contribution in [3.63, 3.8) is 0 Å². The van der Waals surface area contributed by atoms with E-state index in [1.165, 1.54) is 30.2 Å². The van der Waals surface area contributed by atoms with E-state index in [2.05, 4.69) is 12.1 Å². The molecule has 0 unspecified atom stereocenters. The zero-order chi connectivity index (χ0) is 17.2. The van der Waals surface area contributed by atoms with Crippen LogP contribution in [-0.4, -0.2) is 29.2 Å². The van der Waals surface area contributed by atoms with Crippen molar-refractivity contribution in [2.75, 3.05) is 18.6 Å². The third-order valence-electron chi connectivity index (χ3n) is 4.76. The molecule has 1 aromatic heterocycles. The Morgan fingerprint density at radius 2 is 1.88 bits per heavy atom. The lowest BCUT2D eigenvalue weighted by molar-refractivity contribution is -0.145. The minimum atomic E-state index is -0.255. The average Bonchev–Trinajstić information content (AvgIpc) is 3.16. The van der Waals surface area contributed by atoms with Gasteiger partial charge in [-0.1, -0.05) is 30.3 Å². The third-order valence-corrected chi connectivity index (χ3v) is 7.74. The molecule has 5 heteroatoms. The van der Waals surface area contributed by atoms with Crippen LogP contribution < -0.4 is 0 Å². The Morgan fingerprint density at radius 1 is 1.12 bits per heavy atom. The minimum Gasteiger partial charge on any atom is -0.469 e. The van der Waals surface area contributed by atoms with Crippen molar-refractivity contribution < 1.29 is 13.9 Å². The number of carbonyl (C=O) groups is 1. The summed E-state index contributed by atoms with van der Waals surface area (Å²) < 4.78 is 11.2. The summed E-state index contributed by atoms with van der Waals surface area (Å²) in [5, 5.41) is 0. The van der Waals surface area contributed by atoms with Crippen LogP contribution in [0.15, 0.2) is 58.7 Å². The van der Waals surface area contributed by atoms with Gasteiger partial charge in [0.2, 0.25) is 0 Å². The van der Waals surface area contributed by atoms with Crippen molar-refractivity contribution in [2.45, 2.75) is 16.9 Å². The fourth-order valence-electron chi connectivity index (χ4n) is 3.67. The van der Waals surface area contributed by atoms with Crippen molar-refractivity contribution in [3.8, 4) is 0 Å². The SMILES string of the molecule is COC(=O)[C@@H]1C(C2SCCCS2)=C(c2ccccc2)[C@H]1c1ccco1. The molecule has 0 saturated carbocycles. The first-order valence-corrected chi connectivity index (χ1v) is 10.5. The Morgan fingerprint density at radius 3 is 2.52 bits per heavy atom. The van der Waals surface area contributed by atoms with Crippen molar-refractivity contribution in [2.24, 2.45) is 5.92 Å². The first-order chi connectivity index (χ1) is 12.3. The van der Waals surface area contributed by atoms with Gasteiger partial charge in [-0.3, -0.25) is 4.79 Å². The first kappa shape index (κ1) is 16.9. The highest BCUT2D eigenvalue weighted by molar-refractivity contribution is 8.17. The molecule has 1 aromatic carbocycles. The van der Waals surface area contributed by atoms with E-state index in [1.54, 1.807) is 6.26 Å². The number of allylic oxidation sites excluding steroid dienone is 1. The molecule has 1 aliphatic heterocycles. The minimum absolute atomic E-state index is 0.0667. The van der Waals surface area contributed by atoms with Gasteiger partial charge in [0.25, 0.3) is 0 Å². The lowest BCUT2D eigenvalue weighted by atomic mass is 9.64. The predicted octanol–water partition coefficient (Wildman–Crippen LogP) is 4.82.